The van der Waals surface area contributed by atoms with E-state index in [2.05, 4.69) is 0 Å². The predicted molar refractivity (Wildman–Crippen MR) is 105 cm³/mol. The number of carbonyl (C=O) groups is 1. The lowest BCUT2D eigenvalue weighted by Gasteiger charge is -2.17. The van der Waals surface area contributed by atoms with Crippen LogP contribution in [0.2, 0.25) is 0 Å². The molecule has 0 aliphatic heterocycles. The number of nitro benzene ring substituents is 1. The van der Waals surface area contributed by atoms with Crippen molar-refractivity contribution >= 4 is 23.2 Å². The van der Waals surface area contributed by atoms with Crippen LogP contribution in [0.25, 0.3) is 0 Å². The van der Waals surface area contributed by atoms with E-state index in [0.29, 0.717) is 11.1 Å². The highest BCUT2D eigenvalue weighted by Gasteiger charge is 2.21. The highest BCUT2D eigenvalue weighted by Crippen LogP contribution is 2.40. The first-order valence-electron chi connectivity index (χ1n) is 8.31. The molecule has 3 aromatic rings. The average Bonchev–Trinajstić information content (AvgIpc) is 2.68. The van der Waals surface area contributed by atoms with E-state index in [1.54, 1.807) is 54.6 Å². The van der Waals surface area contributed by atoms with Crippen molar-refractivity contribution < 1.29 is 14.8 Å². The number of nitro groups is 1. The molecule has 0 amide bonds. The van der Waals surface area contributed by atoms with Gasteiger partial charge in [0, 0.05) is 34.3 Å². The number of aromatic hydroxyl groups is 1. The molecule has 1 N–H and O–H groups in total. The van der Waals surface area contributed by atoms with Gasteiger partial charge in [0.15, 0.2) is 5.78 Å². The first-order valence-corrected chi connectivity index (χ1v) is 9.19. The molecule has 0 saturated carbocycles. The third-order valence-electron chi connectivity index (χ3n) is 4.02. The van der Waals surface area contributed by atoms with Crippen LogP contribution >= 0.6 is 11.8 Å². The smallest absolute Gasteiger partial charge is 0.269 e. The molecule has 0 spiro atoms. The number of rotatable bonds is 7. The number of nitrogens with zero attached hydrogens (tertiary/aromatic N) is 1. The predicted octanol–water partition coefficient (Wildman–Crippen LogP) is 5.41. The molecule has 136 valence electrons. The fourth-order valence-corrected chi connectivity index (χ4v) is 3.89. The summed E-state index contributed by atoms with van der Waals surface area (Å²) in [7, 11) is 0. The standard InChI is InChI=1S/C21H17NO4S/c23-18-10-5-11-19(13-18)27-21(14-20(24)15-6-2-1-3-7-15)16-8-4-9-17(12-16)22(25)26/h1-13,21,23H,14H2. The van der Waals surface area contributed by atoms with Gasteiger partial charge in [0.25, 0.3) is 5.69 Å². The van der Waals surface area contributed by atoms with E-state index in [1.807, 2.05) is 12.1 Å². The molecule has 1 atom stereocenters. The molecular formula is C21H17NO4S. The van der Waals surface area contributed by atoms with Crippen LogP contribution in [0.1, 0.15) is 27.6 Å². The molecule has 0 heterocycles. The molecular weight excluding hydrogens is 362 g/mol. The Balaban J connectivity index is 1.92. The third kappa shape index (κ3) is 4.95. The number of thioether (sulfide) groups is 1. The number of carbonyl (C=O) groups excluding carboxylic acids is 1. The van der Waals surface area contributed by atoms with Gasteiger partial charge in [0.2, 0.25) is 0 Å². The summed E-state index contributed by atoms with van der Waals surface area (Å²) in [6.07, 6.45) is 0.186. The van der Waals surface area contributed by atoms with Crippen LogP contribution < -0.4 is 0 Å². The van der Waals surface area contributed by atoms with Crippen LogP contribution in [0.3, 0.4) is 0 Å². The molecule has 0 fully saturated rings. The Morgan fingerprint density at radius 2 is 1.74 bits per heavy atom. The van der Waals surface area contributed by atoms with Gasteiger partial charge in [-0.2, -0.15) is 0 Å². The number of hydrogen-bond donors (Lipinski definition) is 1. The van der Waals surface area contributed by atoms with Gasteiger partial charge < -0.3 is 5.11 Å². The molecule has 0 bridgehead atoms. The number of phenols is 1. The summed E-state index contributed by atoms with van der Waals surface area (Å²) >= 11 is 1.40. The molecule has 0 aromatic heterocycles. The van der Waals surface area contributed by atoms with Crippen molar-refractivity contribution in [1.82, 2.24) is 0 Å². The molecule has 0 aliphatic carbocycles. The molecule has 3 aromatic carbocycles. The zero-order valence-corrected chi connectivity index (χ0v) is 15.1. The molecule has 0 aliphatic rings. The van der Waals surface area contributed by atoms with E-state index in [1.165, 1.54) is 23.9 Å². The maximum atomic E-state index is 12.7. The Labute approximate surface area is 160 Å². The zero-order valence-electron chi connectivity index (χ0n) is 14.3. The summed E-state index contributed by atoms with van der Waals surface area (Å²) in [5, 5.41) is 20.5. The summed E-state index contributed by atoms with van der Waals surface area (Å²) in [4.78, 5) is 24.2. The van der Waals surface area contributed by atoms with Crippen LogP contribution in [-0.2, 0) is 0 Å². The van der Waals surface area contributed by atoms with Gasteiger partial charge in [-0.05, 0) is 23.8 Å². The largest absolute Gasteiger partial charge is 0.508 e. The zero-order chi connectivity index (χ0) is 19.2. The minimum atomic E-state index is -0.446. The van der Waals surface area contributed by atoms with Crippen molar-refractivity contribution in [3.8, 4) is 5.75 Å². The Kier molecular flexibility index (Phi) is 5.88. The second-order valence-corrected chi connectivity index (χ2v) is 7.23. The number of non-ortho nitro benzene ring substituents is 1. The van der Waals surface area contributed by atoms with Crippen molar-refractivity contribution in [3.63, 3.8) is 0 Å². The fraction of sp³-hybridized carbons (Fsp3) is 0.0952. The van der Waals surface area contributed by atoms with Crippen molar-refractivity contribution in [3.05, 3.63) is 100 Å². The number of benzene rings is 3. The monoisotopic (exact) mass is 379 g/mol. The molecule has 6 heteroatoms. The summed E-state index contributed by atoms with van der Waals surface area (Å²) < 4.78 is 0. The topological polar surface area (TPSA) is 80.4 Å². The van der Waals surface area contributed by atoms with Crippen molar-refractivity contribution in [2.24, 2.45) is 0 Å². The first-order chi connectivity index (χ1) is 13.0. The lowest BCUT2D eigenvalue weighted by molar-refractivity contribution is -0.384. The maximum Gasteiger partial charge on any atom is 0.269 e. The molecule has 5 nitrogen and oxygen atoms in total. The first kappa shape index (κ1) is 18.7. The lowest BCUT2D eigenvalue weighted by Crippen LogP contribution is -2.06. The fourth-order valence-electron chi connectivity index (χ4n) is 2.70. The van der Waals surface area contributed by atoms with E-state index >= 15 is 0 Å². The SMILES string of the molecule is O=C(CC(Sc1cccc(O)c1)c1cccc([N+](=O)[O-])c1)c1ccccc1. The molecule has 3 rings (SSSR count). The molecule has 1 unspecified atom stereocenters. The molecule has 0 saturated heterocycles. The van der Waals surface area contributed by atoms with Crippen LogP contribution in [0.4, 0.5) is 5.69 Å². The van der Waals surface area contributed by atoms with Crippen molar-refractivity contribution in [2.45, 2.75) is 16.6 Å². The molecule has 27 heavy (non-hydrogen) atoms. The van der Waals surface area contributed by atoms with Crippen LogP contribution in [-0.4, -0.2) is 15.8 Å². The number of hydrogen-bond acceptors (Lipinski definition) is 5. The number of Topliss-reactive ketones (excluding diaryl/α,β-unsaturated/α-hetero) is 1. The van der Waals surface area contributed by atoms with E-state index in [0.717, 1.165) is 4.90 Å². The van der Waals surface area contributed by atoms with E-state index in [4.69, 9.17) is 0 Å². The van der Waals surface area contributed by atoms with Crippen molar-refractivity contribution in [1.29, 1.82) is 0 Å². The number of phenolic OH excluding ortho intramolecular Hbond substituents is 1. The van der Waals surface area contributed by atoms with Gasteiger partial charge in [-0.1, -0.05) is 48.5 Å². The summed E-state index contributed by atoms with van der Waals surface area (Å²) in [6.45, 7) is 0. The summed E-state index contributed by atoms with van der Waals surface area (Å²) in [5.74, 6) is 0.0898. The van der Waals surface area contributed by atoms with Gasteiger partial charge in [-0.3, -0.25) is 14.9 Å². The third-order valence-corrected chi connectivity index (χ3v) is 5.26. The maximum absolute atomic E-state index is 12.7. The second-order valence-electron chi connectivity index (χ2n) is 5.95. The Bertz CT molecular complexity index is 959. The Morgan fingerprint density at radius 1 is 1.00 bits per heavy atom. The van der Waals surface area contributed by atoms with Crippen LogP contribution in [0, 0.1) is 10.1 Å². The Hall–Kier alpha value is -3.12. The minimum Gasteiger partial charge on any atom is -0.508 e. The molecule has 0 radical (unpaired) electrons. The lowest BCUT2D eigenvalue weighted by atomic mass is 10.0. The normalized spacial score (nSPS) is 11.7. The van der Waals surface area contributed by atoms with Gasteiger partial charge >= 0.3 is 0 Å². The second kappa shape index (κ2) is 8.51. The Morgan fingerprint density at radius 3 is 2.44 bits per heavy atom. The van der Waals surface area contributed by atoms with Crippen molar-refractivity contribution in [2.75, 3.05) is 0 Å². The summed E-state index contributed by atoms with van der Waals surface area (Å²) in [6, 6.07) is 22.0. The van der Waals surface area contributed by atoms with E-state index < -0.39 is 4.92 Å². The average molecular weight is 379 g/mol. The van der Waals surface area contributed by atoms with E-state index in [-0.39, 0.29) is 28.9 Å². The van der Waals surface area contributed by atoms with Gasteiger partial charge in [0.05, 0.1) is 4.92 Å². The number of ketones is 1. The summed E-state index contributed by atoms with van der Waals surface area (Å²) in [5.41, 5.74) is 1.28. The van der Waals surface area contributed by atoms with Crippen LogP contribution in [0.5, 0.6) is 5.75 Å². The quantitative estimate of drug-likeness (QED) is 0.257. The van der Waals surface area contributed by atoms with Gasteiger partial charge in [-0.25, -0.2) is 0 Å². The van der Waals surface area contributed by atoms with Gasteiger partial charge in [-0.15, -0.1) is 11.8 Å². The van der Waals surface area contributed by atoms with Crippen LogP contribution in [0.15, 0.2) is 83.8 Å². The minimum absolute atomic E-state index is 0.0128. The van der Waals surface area contributed by atoms with E-state index in [9.17, 15) is 20.0 Å². The highest BCUT2D eigenvalue weighted by molar-refractivity contribution is 7.99. The van der Waals surface area contributed by atoms with Gasteiger partial charge in [0.1, 0.15) is 5.75 Å². The highest BCUT2D eigenvalue weighted by atomic mass is 32.2.